The zero-order valence-electron chi connectivity index (χ0n) is 12.2. The zero-order chi connectivity index (χ0) is 15.3. The van der Waals surface area contributed by atoms with Crippen molar-refractivity contribution in [2.75, 3.05) is 24.2 Å². The fraction of sp³-hybridized carbons (Fsp3) is 0.429. The van der Waals surface area contributed by atoms with Crippen LogP contribution in [0.2, 0.25) is 0 Å². The van der Waals surface area contributed by atoms with Gasteiger partial charge in [0.2, 0.25) is 11.8 Å². The lowest BCUT2D eigenvalue weighted by Crippen LogP contribution is -2.34. The number of hydrogen-bond donors (Lipinski definition) is 2. The maximum Gasteiger partial charge on any atom is 0.238 e. The molecule has 0 aromatic heterocycles. The summed E-state index contributed by atoms with van der Waals surface area (Å²) in [5, 5.41) is 5.04. The molecule has 0 saturated heterocycles. The molecule has 0 atom stereocenters. The quantitative estimate of drug-likeness (QED) is 0.868. The van der Waals surface area contributed by atoms with Crippen LogP contribution in [0.5, 0.6) is 0 Å². The van der Waals surface area contributed by atoms with Crippen LogP contribution in [0.15, 0.2) is 18.2 Å². The Morgan fingerprint density at radius 3 is 2.50 bits per heavy atom. The van der Waals surface area contributed by atoms with Crippen molar-refractivity contribution in [1.82, 2.24) is 4.90 Å². The van der Waals surface area contributed by atoms with Crippen LogP contribution in [0.25, 0.3) is 0 Å². The van der Waals surface area contributed by atoms with Crippen LogP contribution in [-0.4, -0.2) is 36.3 Å². The molecule has 0 aliphatic carbocycles. The molecule has 20 heavy (non-hydrogen) atoms. The van der Waals surface area contributed by atoms with Crippen LogP contribution >= 0.6 is 0 Å². The van der Waals surface area contributed by atoms with Crippen LogP contribution in [0.3, 0.4) is 0 Å². The minimum atomic E-state index is -0.544. The van der Waals surface area contributed by atoms with Gasteiger partial charge in [-0.15, -0.1) is 0 Å². The first-order valence-corrected chi connectivity index (χ1v) is 6.37. The van der Waals surface area contributed by atoms with E-state index in [9.17, 15) is 14.0 Å². The van der Waals surface area contributed by atoms with Gasteiger partial charge in [-0.25, -0.2) is 4.39 Å². The zero-order valence-corrected chi connectivity index (χ0v) is 12.2. The second-order valence-electron chi connectivity index (χ2n) is 4.93. The molecule has 2 amide bonds. The molecular weight excluding hydrogens is 261 g/mol. The van der Waals surface area contributed by atoms with E-state index >= 15 is 0 Å². The molecule has 0 radical (unpaired) electrons. The van der Waals surface area contributed by atoms with Gasteiger partial charge in [-0.1, -0.05) is 0 Å². The molecule has 5 nitrogen and oxygen atoms in total. The lowest BCUT2D eigenvalue weighted by Gasteiger charge is -2.20. The molecule has 0 saturated carbocycles. The van der Waals surface area contributed by atoms with Crippen LogP contribution in [0, 0.1) is 5.82 Å². The molecule has 0 unspecified atom stereocenters. The number of hydrogen-bond acceptors (Lipinski definition) is 3. The molecule has 0 heterocycles. The highest BCUT2D eigenvalue weighted by atomic mass is 19.1. The summed E-state index contributed by atoms with van der Waals surface area (Å²) in [7, 11) is 1.84. The predicted molar refractivity (Wildman–Crippen MR) is 77.1 cm³/mol. The number of rotatable bonds is 5. The van der Waals surface area contributed by atoms with Gasteiger partial charge >= 0.3 is 0 Å². The minimum Gasteiger partial charge on any atom is -0.325 e. The molecule has 1 aromatic rings. The summed E-state index contributed by atoms with van der Waals surface area (Å²) < 4.78 is 13.4. The van der Waals surface area contributed by atoms with Gasteiger partial charge in [0, 0.05) is 18.7 Å². The van der Waals surface area contributed by atoms with E-state index in [0.29, 0.717) is 5.69 Å². The first-order chi connectivity index (χ1) is 9.29. The highest BCUT2D eigenvalue weighted by Gasteiger charge is 2.11. The molecule has 2 N–H and O–H groups in total. The molecule has 6 heteroatoms. The molecule has 1 aromatic carbocycles. The van der Waals surface area contributed by atoms with E-state index in [1.165, 1.54) is 25.1 Å². The Labute approximate surface area is 118 Å². The second-order valence-corrected chi connectivity index (χ2v) is 4.93. The van der Waals surface area contributed by atoms with Gasteiger partial charge in [0.1, 0.15) is 5.82 Å². The largest absolute Gasteiger partial charge is 0.325 e. The Balaban J connectivity index is 2.73. The van der Waals surface area contributed by atoms with Gasteiger partial charge in [-0.05, 0) is 39.1 Å². The molecule has 0 aliphatic heterocycles. The van der Waals surface area contributed by atoms with Crippen molar-refractivity contribution < 1.29 is 14.0 Å². The predicted octanol–water partition coefficient (Wildman–Crippen LogP) is 2.06. The van der Waals surface area contributed by atoms with Gasteiger partial charge in [-0.3, -0.25) is 14.5 Å². The number of halogens is 1. The molecule has 0 bridgehead atoms. The topological polar surface area (TPSA) is 61.4 Å². The maximum absolute atomic E-state index is 13.4. The average Bonchev–Trinajstić information content (AvgIpc) is 2.32. The van der Waals surface area contributed by atoms with E-state index in [2.05, 4.69) is 10.6 Å². The summed E-state index contributed by atoms with van der Waals surface area (Å²) in [4.78, 5) is 24.6. The lowest BCUT2D eigenvalue weighted by atomic mass is 10.2. The molecular formula is C14H20FN3O2. The molecule has 0 fully saturated rings. The Hall–Kier alpha value is -1.95. The molecule has 0 spiro atoms. The van der Waals surface area contributed by atoms with E-state index in [-0.39, 0.29) is 30.1 Å². The standard InChI is InChI=1S/C14H20FN3O2/c1-9(2)18(4)8-14(20)17-11-5-6-12(15)13(7-11)16-10(3)19/h5-7,9H,8H2,1-4H3,(H,16,19)(H,17,20). The van der Waals surface area contributed by atoms with Crippen LogP contribution in [0.1, 0.15) is 20.8 Å². The number of nitrogens with zero attached hydrogens (tertiary/aromatic N) is 1. The summed E-state index contributed by atoms with van der Waals surface area (Å²) in [5.74, 6) is -1.11. The van der Waals surface area contributed by atoms with Crippen LogP contribution in [-0.2, 0) is 9.59 Å². The SMILES string of the molecule is CC(=O)Nc1cc(NC(=O)CN(C)C(C)C)ccc1F. The maximum atomic E-state index is 13.4. The van der Waals surface area contributed by atoms with Gasteiger partial charge < -0.3 is 10.6 Å². The van der Waals surface area contributed by atoms with E-state index in [1.54, 1.807) is 0 Å². The minimum absolute atomic E-state index is 0.0486. The number of anilines is 2. The summed E-state index contributed by atoms with van der Waals surface area (Å²) in [5.41, 5.74) is 0.491. The van der Waals surface area contributed by atoms with E-state index in [1.807, 2.05) is 25.8 Å². The van der Waals surface area contributed by atoms with E-state index in [0.717, 1.165) is 0 Å². The highest BCUT2D eigenvalue weighted by molar-refractivity contribution is 5.94. The Morgan fingerprint density at radius 1 is 1.30 bits per heavy atom. The molecule has 110 valence electrons. The fourth-order valence-electron chi connectivity index (χ4n) is 1.50. The highest BCUT2D eigenvalue weighted by Crippen LogP contribution is 2.19. The van der Waals surface area contributed by atoms with Crippen molar-refractivity contribution in [2.45, 2.75) is 26.8 Å². The number of carbonyl (C=O) groups is 2. The Bertz CT molecular complexity index is 503. The fourth-order valence-corrected chi connectivity index (χ4v) is 1.50. The van der Waals surface area contributed by atoms with Crippen molar-refractivity contribution >= 4 is 23.2 Å². The van der Waals surface area contributed by atoms with Crippen LogP contribution in [0.4, 0.5) is 15.8 Å². The van der Waals surface area contributed by atoms with Crippen molar-refractivity contribution in [3.05, 3.63) is 24.0 Å². The summed E-state index contributed by atoms with van der Waals surface area (Å²) >= 11 is 0. The van der Waals surface area contributed by atoms with Gasteiger partial charge in [0.05, 0.1) is 12.2 Å². The van der Waals surface area contributed by atoms with Crippen LogP contribution < -0.4 is 10.6 Å². The van der Waals surface area contributed by atoms with E-state index < -0.39 is 5.82 Å². The Kier molecular flexibility index (Phi) is 5.64. The molecule has 1 rings (SSSR count). The third-order valence-electron chi connectivity index (χ3n) is 2.84. The first-order valence-electron chi connectivity index (χ1n) is 6.37. The number of benzene rings is 1. The lowest BCUT2D eigenvalue weighted by molar-refractivity contribution is -0.117. The smallest absolute Gasteiger partial charge is 0.238 e. The third kappa shape index (κ3) is 4.97. The van der Waals surface area contributed by atoms with Gasteiger partial charge in [0.15, 0.2) is 0 Å². The first kappa shape index (κ1) is 16.1. The average molecular weight is 281 g/mol. The number of nitrogens with one attached hydrogen (secondary N) is 2. The van der Waals surface area contributed by atoms with Crippen molar-refractivity contribution in [2.24, 2.45) is 0 Å². The number of amides is 2. The summed E-state index contributed by atoms with van der Waals surface area (Å²) in [6, 6.07) is 4.30. The number of carbonyl (C=O) groups excluding carboxylic acids is 2. The summed E-state index contributed by atoms with van der Waals surface area (Å²) in [6.07, 6.45) is 0. The van der Waals surface area contributed by atoms with Gasteiger partial charge in [0.25, 0.3) is 0 Å². The monoisotopic (exact) mass is 281 g/mol. The van der Waals surface area contributed by atoms with E-state index in [4.69, 9.17) is 0 Å². The normalized spacial score (nSPS) is 10.8. The summed E-state index contributed by atoms with van der Waals surface area (Å²) in [6.45, 7) is 5.51. The number of likely N-dealkylation sites (N-methyl/N-ethyl adjacent to an activating group) is 1. The molecule has 0 aliphatic rings. The second kappa shape index (κ2) is 7.00. The van der Waals surface area contributed by atoms with Crippen molar-refractivity contribution in [1.29, 1.82) is 0 Å². The van der Waals surface area contributed by atoms with Crippen molar-refractivity contribution in [3.63, 3.8) is 0 Å². The van der Waals surface area contributed by atoms with Crippen molar-refractivity contribution in [3.8, 4) is 0 Å². The van der Waals surface area contributed by atoms with Gasteiger partial charge in [-0.2, -0.15) is 0 Å². The third-order valence-corrected chi connectivity index (χ3v) is 2.84. The Morgan fingerprint density at radius 2 is 1.95 bits per heavy atom.